The van der Waals surface area contributed by atoms with Crippen LogP contribution in [0.3, 0.4) is 0 Å². The third-order valence-electron chi connectivity index (χ3n) is 2.64. The topological polar surface area (TPSA) is 76.9 Å². The first kappa shape index (κ1) is 15.6. The average Bonchev–Trinajstić information content (AvgIpc) is 2.77. The van der Waals surface area contributed by atoms with Gasteiger partial charge in [-0.15, -0.1) is 5.10 Å². The number of nitrogens with one attached hydrogen (secondary N) is 1. The Bertz CT molecular complexity index is 678. The highest BCUT2D eigenvalue weighted by molar-refractivity contribution is 9.10. The van der Waals surface area contributed by atoms with Crippen LogP contribution in [0.1, 0.15) is 11.1 Å². The van der Waals surface area contributed by atoms with Gasteiger partial charge in [0.1, 0.15) is 0 Å². The van der Waals surface area contributed by atoms with Crippen molar-refractivity contribution in [2.45, 2.75) is 16.9 Å². The maximum atomic E-state index is 12.2. The van der Waals surface area contributed by atoms with Crippen molar-refractivity contribution in [3.05, 3.63) is 40.0 Å². The Morgan fingerprint density at radius 1 is 1.25 bits per heavy atom. The van der Waals surface area contributed by atoms with Crippen molar-refractivity contribution < 1.29 is 8.42 Å². The van der Waals surface area contributed by atoms with Crippen LogP contribution in [0.25, 0.3) is 0 Å². The zero-order chi connectivity index (χ0) is 14.8. The number of alkyl halides is 1. The molecule has 0 aliphatic rings. The molecule has 0 amide bonds. The highest BCUT2D eigenvalue weighted by atomic mass is 79.9. The van der Waals surface area contributed by atoms with Gasteiger partial charge in [0, 0.05) is 18.9 Å². The van der Waals surface area contributed by atoms with Crippen LogP contribution in [0.15, 0.2) is 33.9 Å². The number of aromatic nitrogens is 3. The minimum atomic E-state index is -3.66. The van der Waals surface area contributed by atoms with Crippen LogP contribution < -0.4 is 4.72 Å². The highest BCUT2D eigenvalue weighted by Crippen LogP contribution is 2.18. The van der Waals surface area contributed by atoms with Gasteiger partial charge in [0.25, 0.3) is 10.0 Å². The average molecular weight is 424 g/mol. The minimum absolute atomic E-state index is 0.00887. The SMILES string of the molecule is Cn1nnc(Br)c1S(=O)(=O)NCc1ccc(CBr)cc1. The van der Waals surface area contributed by atoms with E-state index in [1.807, 2.05) is 24.3 Å². The van der Waals surface area contributed by atoms with Crippen molar-refractivity contribution in [2.75, 3.05) is 0 Å². The van der Waals surface area contributed by atoms with E-state index in [0.29, 0.717) is 0 Å². The van der Waals surface area contributed by atoms with Gasteiger partial charge in [-0.25, -0.2) is 17.8 Å². The van der Waals surface area contributed by atoms with Crippen molar-refractivity contribution in [1.29, 1.82) is 0 Å². The van der Waals surface area contributed by atoms with Crippen molar-refractivity contribution in [3.63, 3.8) is 0 Å². The van der Waals surface area contributed by atoms with Gasteiger partial charge in [-0.05, 0) is 27.1 Å². The predicted octanol–water partition coefficient (Wildman–Crippen LogP) is 1.95. The lowest BCUT2D eigenvalue weighted by Crippen LogP contribution is -2.25. The molecule has 1 aromatic heterocycles. The standard InChI is InChI=1S/C11H12Br2N4O2S/c1-17-11(10(13)15-16-17)20(18,19)14-7-9-4-2-8(6-12)3-5-9/h2-5,14H,6-7H2,1H3. The molecule has 0 bridgehead atoms. The van der Waals surface area contributed by atoms with Crippen molar-refractivity contribution in [3.8, 4) is 0 Å². The first-order chi connectivity index (χ1) is 9.44. The summed E-state index contributed by atoms with van der Waals surface area (Å²) in [6.45, 7) is 0.211. The summed E-state index contributed by atoms with van der Waals surface area (Å²) in [5.41, 5.74) is 2.01. The molecule has 20 heavy (non-hydrogen) atoms. The minimum Gasteiger partial charge on any atom is -0.235 e. The molecule has 6 nitrogen and oxygen atoms in total. The van der Waals surface area contributed by atoms with E-state index in [1.54, 1.807) is 0 Å². The number of halogens is 2. The Hall–Kier alpha value is -0.770. The normalized spacial score (nSPS) is 11.8. The van der Waals surface area contributed by atoms with Crippen LogP contribution in [-0.2, 0) is 28.9 Å². The van der Waals surface area contributed by atoms with Gasteiger partial charge < -0.3 is 0 Å². The maximum absolute atomic E-state index is 12.2. The fraction of sp³-hybridized carbons (Fsp3) is 0.273. The number of hydrogen-bond acceptors (Lipinski definition) is 4. The van der Waals surface area contributed by atoms with E-state index in [9.17, 15) is 8.42 Å². The summed E-state index contributed by atoms with van der Waals surface area (Å²) in [5, 5.41) is 8.10. The van der Waals surface area contributed by atoms with E-state index in [4.69, 9.17) is 0 Å². The number of benzene rings is 1. The van der Waals surface area contributed by atoms with Gasteiger partial charge in [0.05, 0.1) is 0 Å². The number of sulfonamides is 1. The molecule has 0 unspecified atom stereocenters. The Labute approximate surface area is 133 Å². The summed E-state index contributed by atoms with van der Waals surface area (Å²) in [4.78, 5) is 0. The van der Waals surface area contributed by atoms with Crippen LogP contribution >= 0.6 is 31.9 Å². The molecule has 1 N–H and O–H groups in total. The number of aryl methyl sites for hydroxylation is 1. The lowest BCUT2D eigenvalue weighted by atomic mass is 10.2. The summed E-state index contributed by atoms with van der Waals surface area (Å²) in [6, 6.07) is 7.66. The zero-order valence-corrected chi connectivity index (χ0v) is 14.5. The molecule has 1 aromatic carbocycles. The lowest BCUT2D eigenvalue weighted by molar-refractivity contribution is 0.560. The first-order valence-corrected chi connectivity index (χ1v) is 9.02. The van der Waals surface area contributed by atoms with Gasteiger partial charge in [-0.1, -0.05) is 45.4 Å². The first-order valence-electron chi connectivity index (χ1n) is 5.62. The molecule has 0 saturated carbocycles. The largest absolute Gasteiger partial charge is 0.260 e. The van der Waals surface area contributed by atoms with Crippen LogP contribution in [0, 0.1) is 0 Å². The summed E-state index contributed by atoms with van der Waals surface area (Å²) in [7, 11) is -2.14. The fourth-order valence-corrected chi connectivity index (χ4v) is 4.08. The van der Waals surface area contributed by atoms with Gasteiger partial charge in [-0.2, -0.15) is 0 Å². The molecule has 9 heteroatoms. The molecule has 1 heterocycles. The van der Waals surface area contributed by atoms with E-state index in [-0.39, 0.29) is 16.2 Å². The van der Waals surface area contributed by atoms with E-state index in [1.165, 1.54) is 11.7 Å². The highest BCUT2D eigenvalue weighted by Gasteiger charge is 2.23. The second kappa shape index (κ2) is 6.33. The number of nitrogens with zero attached hydrogens (tertiary/aromatic N) is 3. The van der Waals surface area contributed by atoms with Crippen molar-refractivity contribution in [1.82, 2.24) is 19.7 Å². The Morgan fingerprint density at radius 2 is 1.85 bits per heavy atom. The van der Waals surface area contributed by atoms with Gasteiger partial charge in [0.15, 0.2) is 4.60 Å². The molecule has 0 fully saturated rings. The smallest absolute Gasteiger partial charge is 0.235 e. The zero-order valence-electron chi connectivity index (χ0n) is 10.5. The second-order valence-electron chi connectivity index (χ2n) is 4.08. The summed E-state index contributed by atoms with van der Waals surface area (Å²) in [6.07, 6.45) is 0. The Morgan fingerprint density at radius 3 is 2.35 bits per heavy atom. The van der Waals surface area contributed by atoms with Crippen LogP contribution in [0.4, 0.5) is 0 Å². The molecule has 2 rings (SSSR count). The van der Waals surface area contributed by atoms with E-state index >= 15 is 0 Å². The molecular formula is C11H12Br2N4O2S. The van der Waals surface area contributed by atoms with Crippen LogP contribution in [0.5, 0.6) is 0 Å². The summed E-state index contributed by atoms with van der Waals surface area (Å²) in [5.74, 6) is 0. The van der Waals surface area contributed by atoms with Gasteiger partial charge >= 0.3 is 0 Å². The lowest BCUT2D eigenvalue weighted by Gasteiger charge is -2.07. The maximum Gasteiger partial charge on any atom is 0.260 e. The van der Waals surface area contributed by atoms with Crippen molar-refractivity contribution in [2.24, 2.45) is 7.05 Å². The van der Waals surface area contributed by atoms with Crippen LogP contribution in [-0.4, -0.2) is 23.4 Å². The molecule has 108 valence electrons. The predicted molar refractivity (Wildman–Crippen MR) is 81.8 cm³/mol. The fourth-order valence-electron chi connectivity index (χ4n) is 1.60. The molecule has 0 aliphatic carbocycles. The molecule has 2 aromatic rings. The van der Waals surface area contributed by atoms with E-state index < -0.39 is 10.0 Å². The van der Waals surface area contributed by atoms with Gasteiger partial charge in [0.2, 0.25) is 5.03 Å². The number of hydrogen-bond donors (Lipinski definition) is 1. The van der Waals surface area contributed by atoms with E-state index in [0.717, 1.165) is 16.5 Å². The third-order valence-corrected chi connectivity index (χ3v) is 5.57. The Kier molecular flexibility index (Phi) is 4.95. The van der Waals surface area contributed by atoms with Crippen molar-refractivity contribution >= 4 is 41.9 Å². The van der Waals surface area contributed by atoms with E-state index in [2.05, 4.69) is 46.9 Å². The molecule has 0 radical (unpaired) electrons. The molecule has 0 aliphatic heterocycles. The van der Waals surface area contributed by atoms with Gasteiger partial charge in [-0.3, -0.25) is 0 Å². The molecule has 0 saturated heterocycles. The second-order valence-corrected chi connectivity index (χ2v) is 7.08. The third kappa shape index (κ3) is 3.46. The number of rotatable bonds is 5. The summed E-state index contributed by atoms with van der Waals surface area (Å²) >= 11 is 6.44. The molecular weight excluding hydrogens is 412 g/mol. The quantitative estimate of drug-likeness (QED) is 0.745. The monoisotopic (exact) mass is 422 g/mol. The molecule has 0 atom stereocenters. The summed E-state index contributed by atoms with van der Waals surface area (Å²) < 4.78 is 28.3. The molecule has 0 spiro atoms. The van der Waals surface area contributed by atoms with Crippen LogP contribution in [0.2, 0.25) is 0 Å². The Balaban J connectivity index is 2.13.